The molecule has 1 aromatic carbocycles. The molecule has 24 heavy (non-hydrogen) atoms. The van der Waals surface area contributed by atoms with Gasteiger partial charge in [0.25, 0.3) is 0 Å². The van der Waals surface area contributed by atoms with Gasteiger partial charge in [-0.05, 0) is 24.6 Å². The van der Waals surface area contributed by atoms with Crippen LogP contribution in [0.1, 0.15) is 18.1 Å². The van der Waals surface area contributed by atoms with Crippen molar-refractivity contribution in [3.63, 3.8) is 0 Å². The average molecular weight is 350 g/mol. The summed E-state index contributed by atoms with van der Waals surface area (Å²) in [6, 6.07) is 3.18. The van der Waals surface area contributed by atoms with Gasteiger partial charge in [-0.2, -0.15) is 8.78 Å². The standard InChI is InChI=1S/C15H15F5N2O2/c1-14(7-24-6-12(21)22-14)9-4-8(2-3-10(9)16)5-11(23)15(19,20)13(17)18/h2-4,13H,5-7H2,1H3,(H2,21,22)/t14-/m0/s1. The smallest absolute Gasteiger partial charge is 0.364 e. The highest BCUT2D eigenvalue weighted by Crippen LogP contribution is 2.32. The zero-order valence-corrected chi connectivity index (χ0v) is 12.7. The number of carbonyl (C=O) groups excluding carboxylic acids is 1. The summed E-state index contributed by atoms with van der Waals surface area (Å²) in [7, 11) is 0. The van der Waals surface area contributed by atoms with Crippen LogP contribution >= 0.6 is 0 Å². The molecular weight excluding hydrogens is 335 g/mol. The minimum Gasteiger partial charge on any atom is -0.386 e. The van der Waals surface area contributed by atoms with Gasteiger partial charge in [0, 0.05) is 12.0 Å². The molecule has 2 rings (SSSR count). The molecule has 0 unspecified atom stereocenters. The van der Waals surface area contributed by atoms with Crippen molar-refractivity contribution in [3.8, 4) is 0 Å². The van der Waals surface area contributed by atoms with E-state index in [1.54, 1.807) is 0 Å². The average Bonchev–Trinajstić information content (AvgIpc) is 2.48. The highest BCUT2D eigenvalue weighted by atomic mass is 19.3. The molecule has 2 N–H and O–H groups in total. The van der Waals surface area contributed by atoms with Crippen LogP contribution < -0.4 is 5.73 Å². The Morgan fingerprint density at radius 1 is 1.46 bits per heavy atom. The number of rotatable bonds is 5. The second-order valence-electron chi connectivity index (χ2n) is 5.71. The van der Waals surface area contributed by atoms with Crippen molar-refractivity contribution in [3.05, 3.63) is 35.1 Å². The van der Waals surface area contributed by atoms with E-state index in [0.717, 1.165) is 18.2 Å². The van der Waals surface area contributed by atoms with E-state index >= 15 is 0 Å². The highest BCUT2D eigenvalue weighted by Gasteiger charge is 2.48. The van der Waals surface area contributed by atoms with E-state index < -0.39 is 35.9 Å². The van der Waals surface area contributed by atoms with E-state index in [2.05, 4.69) is 4.99 Å². The number of hydrogen-bond donors (Lipinski definition) is 1. The zero-order valence-electron chi connectivity index (χ0n) is 12.7. The van der Waals surface area contributed by atoms with Crippen LogP contribution in [0.2, 0.25) is 0 Å². The van der Waals surface area contributed by atoms with Gasteiger partial charge in [0.15, 0.2) is 0 Å². The molecule has 1 heterocycles. The Kier molecular flexibility index (Phi) is 4.93. The number of halogens is 5. The van der Waals surface area contributed by atoms with Gasteiger partial charge in [-0.15, -0.1) is 0 Å². The maximum atomic E-state index is 14.1. The first-order chi connectivity index (χ1) is 11.1. The summed E-state index contributed by atoms with van der Waals surface area (Å²) in [5.41, 5.74) is 4.33. The molecule has 1 aliphatic rings. The van der Waals surface area contributed by atoms with Crippen LogP contribution in [0.3, 0.4) is 0 Å². The summed E-state index contributed by atoms with van der Waals surface area (Å²) in [5, 5.41) is 0. The quantitative estimate of drug-likeness (QED) is 0.830. The molecular formula is C15H15F5N2O2. The van der Waals surface area contributed by atoms with Crippen molar-refractivity contribution in [2.24, 2.45) is 10.7 Å². The van der Waals surface area contributed by atoms with E-state index in [0.29, 0.717) is 0 Å². The van der Waals surface area contributed by atoms with E-state index in [4.69, 9.17) is 10.5 Å². The number of nitrogens with two attached hydrogens (primary N) is 1. The fraction of sp³-hybridized carbons (Fsp3) is 0.467. The number of nitrogens with zero attached hydrogens (tertiary/aromatic N) is 1. The summed E-state index contributed by atoms with van der Waals surface area (Å²) in [4.78, 5) is 15.5. The van der Waals surface area contributed by atoms with Gasteiger partial charge >= 0.3 is 12.3 Å². The lowest BCUT2D eigenvalue weighted by atomic mass is 9.89. The number of hydrogen-bond acceptors (Lipinski definition) is 4. The molecule has 1 atom stereocenters. The molecule has 132 valence electrons. The molecule has 1 aromatic rings. The number of ketones is 1. The lowest BCUT2D eigenvalue weighted by Crippen LogP contribution is -2.39. The minimum absolute atomic E-state index is 0.00475. The SMILES string of the molecule is C[C@@]1(c2cc(CC(=O)C(F)(F)C(F)F)ccc2F)COCC(N)=N1. The maximum absolute atomic E-state index is 14.1. The molecule has 0 bridgehead atoms. The molecule has 0 spiro atoms. The van der Waals surface area contributed by atoms with Crippen LogP contribution in [-0.4, -0.2) is 37.2 Å². The monoisotopic (exact) mass is 350 g/mol. The first kappa shape index (κ1) is 18.3. The fourth-order valence-electron chi connectivity index (χ4n) is 2.39. The largest absolute Gasteiger partial charge is 0.386 e. The van der Waals surface area contributed by atoms with Crippen LogP contribution in [0.4, 0.5) is 22.0 Å². The van der Waals surface area contributed by atoms with Gasteiger partial charge in [-0.3, -0.25) is 9.79 Å². The Morgan fingerprint density at radius 2 is 2.12 bits per heavy atom. The van der Waals surface area contributed by atoms with Crippen LogP contribution in [0.15, 0.2) is 23.2 Å². The van der Waals surface area contributed by atoms with Crippen molar-refractivity contribution >= 4 is 11.6 Å². The van der Waals surface area contributed by atoms with Gasteiger partial charge in [0.2, 0.25) is 5.78 Å². The number of benzene rings is 1. The topological polar surface area (TPSA) is 64.7 Å². The third kappa shape index (κ3) is 3.55. The van der Waals surface area contributed by atoms with E-state index in [-0.39, 0.29) is 30.2 Å². The van der Waals surface area contributed by atoms with Crippen molar-refractivity contribution in [2.75, 3.05) is 13.2 Å². The van der Waals surface area contributed by atoms with Gasteiger partial charge < -0.3 is 10.5 Å². The minimum atomic E-state index is -4.75. The van der Waals surface area contributed by atoms with Crippen molar-refractivity contribution < 1.29 is 31.5 Å². The Bertz CT molecular complexity index is 678. The maximum Gasteiger partial charge on any atom is 0.364 e. The lowest BCUT2D eigenvalue weighted by molar-refractivity contribution is -0.166. The number of ether oxygens (including phenoxy) is 1. The molecule has 1 aliphatic heterocycles. The summed E-state index contributed by atoms with van der Waals surface area (Å²) >= 11 is 0. The summed E-state index contributed by atoms with van der Waals surface area (Å²) in [5.74, 6) is -7.26. The number of carbonyl (C=O) groups is 1. The third-order valence-electron chi connectivity index (χ3n) is 3.64. The van der Waals surface area contributed by atoms with Crippen LogP contribution in [0.25, 0.3) is 0 Å². The van der Waals surface area contributed by atoms with Gasteiger partial charge in [-0.25, -0.2) is 13.2 Å². The van der Waals surface area contributed by atoms with Gasteiger partial charge in [0.1, 0.15) is 23.8 Å². The summed E-state index contributed by atoms with van der Waals surface area (Å²) in [6.45, 7) is 1.60. The summed E-state index contributed by atoms with van der Waals surface area (Å²) < 4.78 is 69.9. The Labute approximate surface area is 134 Å². The number of alkyl halides is 4. The summed E-state index contributed by atoms with van der Waals surface area (Å²) in [6.07, 6.45) is -5.06. The third-order valence-corrected chi connectivity index (χ3v) is 3.64. The molecule has 0 amide bonds. The normalized spacial score (nSPS) is 21.7. The second kappa shape index (κ2) is 6.46. The van der Waals surface area contributed by atoms with E-state index in [1.807, 2.05) is 0 Å². The molecule has 0 saturated heterocycles. The number of Topliss-reactive ketones (excluding diaryl/α,β-unsaturated/α-hetero) is 1. The lowest BCUT2D eigenvalue weighted by Gasteiger charge is -2.30. The van der Waals surface area contributed by atoms with Crippen LogP contribution in [0.5, 0.6) is 0 Å². The fourth-order valence-corrected chi connectivity index (χ4v) is 2.39. The molecule has 0 aromatic heterocycles. The van der Waals surface area contributed by atoms with E-state index in [1.165, 1.54) is 6.92 Å². The molecule has 0 radical (unpaired) electrons. The van der Waals surface area contributed by atoms with Gasteiger partial charge in [-0.1, -0.05) is 6.07 Å². The first-order valence-electron chi connectivity index (χ1n) is 6.96. The zero-order chi connectivity index (χ0) is 18.1. The van der Waals surface area contributed by atoms with Gasteiger partial charge in [0.05, 0.1) is 6.61 Å². The Morgan fingerprint density at radius 3 is 2.71 bits per heavy atom. The molecule has 0 fully saturated rings. The molecule has 0 saturated carbocycles. The molecule has 0 aliphatic carbocycles. The van der Waals surface area contributed by atoms with Crippen LogP contribution in [-0.2, 0) is 21.5 Å². The van der Waals surface area contributed by atoms with E-state index in [9.17, 15) is 26.7 Å². The van der Waals surface area contributed by atoms with Crippen molar-refractivity contribution in [2.45, 2.75) is 31.2 Å². The number of amidine groups is 1. The predicted octanol–water partition coefficient (Wildman–Crippen LogP) is 2.44. The number of aliphatic imine (C=N–C) groups is 1. The molecule has 9 heteroatoms. The first-order valence-corrected chi connectivity index (χ1v) is 6.96. The predicted molar refractivity (Wildman–Crippen MR) is 75.9 cm³/mol. The van der Waals surface area contributed by atoms with Crippen molar-refractivity contribution in [1.29, 1.82) is 0 Å². The van der Waals surface area contributed by atoms with Crippen LogP contribution in [0, 0.1) is 5.82 Å². The second-order valence-corrected chi connectivity index (χ2v) is 5.71. The Balaban J connectivity index is 2.33. The molecule has 4 nitrogen and oxygen atoms in total. The van der Waals surface area contributed by atoms with Crippen molar-refractivity contribution in [1.82, 2.24) is 0 Å². The highest BCUT2D eigenvalue weighted by molar-refractivity contribution is 5.88. The Hall–Kier alpha value is -2.03.